The number of aliphatic hydroxyl groups excluding tert-OH is 2. The summed E-state index contributed by atoms with van der Waals surface area (Å²) in [5, 5.41) is 21.6. The molecular weight excluding hydrogens is 412 g/mol. The van der Waals surface area contributed by atoms with Gasteiger partial charge in [0.2, 0.25) is 0 Å². The zero-order chi connectivity index (χ0) is 24.3. The van der Waals surface area contributed by atoms with Crippen LogP contribution in [0.1, 0.15) is 73.6 Å². The number of aliphatic hydroxyl groups is 2. The second-order valence-corrected chi connectivity index (χ2v) is 11.1. The van der Waals surface area contributed by atoms with Gasteiger partial charge in [-0.05, 0) is 77.2 Å². The number of hydrogen-bond acceptors (Lipinski definition) is 4. The number of cyclic esters (lactones) is 1. The number of esters is 1. The molecule has 0 spiro atoms. The first-order valence-electron chi connectivity index (χ1n) is 12.8. The highest BCUT2D eigenvalue weighted by Gasteiger charge is 2.56. The Morgan fingerprint density at radius 2 is 1.70 bits per heavy atom. The van der Waals surface area contributed by atoms with Crippen molar-refractivity contribution in [2.24, 2.45) is 35.0 Å². The predicted octanol–water partition coefficient (Wildman–Crippen LogP) is 5.76. The zero-order valence-electron chi connectivity index (χ0n) is 21.3. The lowest BCUT2D eigenvalue weighted by atomic mass is 9.52. The highest BCUT2D eigenvalue weighted by molar-refractivity contribution is 5.79. The smallest absolute Gasteiger partial charge is 0.313 e. The van der Waals surface area contributed by atoms with Crippen molar-refractivity contribution in [2.45, 2.75) is 92.0 Å². The van der Waals surface area contributed by atoms with Crippen molar-refractivity contribution < 1.29 is 19.7 Å². The summed E-state index contributed by atoms with van der Waals surface area (Å²) < 4.78 is 6.08. The Kier molecular flexibility index (Phi) is 8.45. The molecule has 0 unspecified atom stereocenters. The van der Waals surface area contributed by atoms with Crippen molar-refractivity contribution in [1.29, 1.82) is 0 Å². The Labute approximate surface area is 200 Å². The van der Waals surface area contributed by atoms with Crippen molar-refractivity contribution in [3.8, 4) is 0 Å². The Balaban J connectivity index is 2.00. The van der Waals surface area contributed by atoms with Crippen molar-refractivity contribution in [3.63, 3.8) is 0 Å². The number of fused-ring (bicyclic) bond motifs is 3. The molecule has 184 valence electrons. The third-order valence-electron chi connectivity index (χ3n) is 8.56. The average molecular weight is 457 g/mol. The van der Waals surface area contributed by atoms with Crippen LogP contribution < -0.4 is 0 Å². The molecule has 2 aliphatic carbocycles. The molecule has 4 heteroatoms. The van der Waals surface area contributed by atoms with Crippen LogP contribution in [0.15, 0.2) is 47.6 Å². The van der Waals surface area contributed by atoms with E-state index in [1.807, 2.05) is 39.0 Å². The minimum Gasteiger partial charge on any atom is -0.462 e. The second kappa shape index (κ2) is 10.7. The number of rotatable bonds is 0. The van der Waals surface area contributed by atoms with Gasteiger partial charge < -0.3 is 14.9 Å². The van der Waals surface area contributed by atoms with Gasteiger partial charge >= 0.3 is 5.97 Å². The number of carbonyl (C=O) groups is 1. The van der Waals surface area contributed by atoms with Gasteiger partial charge in [-0.1, -0.05) is 55.9 Å². The van der Waals surface area contributed by atoms with E-state index in [1.54, 1.807) is 0 Å². The lowest BCUT2D eigenvalue weighted by Crippen LogP contribution is -2.54. The van der Waals surface area contributed by atoms with Crippen LogP contribution in [0.5, 0.6) is 0 Å². The molecule has 1 fully saturated rings. The molecule has 0 radical (unpaired) electrons. The maximum absolute atomic E-state index is 13.8. The summed E-state index contributed by atoms with van der Waals surface area (Å²) in [6.45, 7) is 12.2. The minimum atomic E-state index is -0.720. The standard InChI is InChI=1S/C29H44O4/c1-18-11-7-9-13-22(5)33-28(32)29(6)24(14-10-8-12-19(2)26(18)30)21(4)17-23-25(29)16-15-20(3)27(23)31/h8,10-12,14,17,19-20,22-27,30-31H,7,9,13,15-16H2,1-6H3/b12-8+,14-10+,18-11+/t19-,20-,22+,23+,24-,25-,26-,27+,29-/m0/s1. The molecular formula is C29H44O4. The van der Waals surface area contributed by atoms with Gasteiger partial charge in [0.1, 0.15) is 0 Å². The van der Waals surface area contributed by atoms with Crippen LogP contribution >= 0.6 is 0 Å². The Hall–Kier alpha value is -1.65. The van der Waals surface area contributed by atoms with Gasteiger partial charge in [-0.25, -0.2) is 0 Å². The number of hydrogen-bond donors (Lipinski definition) is 2. The van der Waals surface area contributed by atoms with Crippen LogP contribution in [0.2, 0.25) is 0 Å². The fraction of sp³-hybridized carbons (Fsp3) is 0.690. The van der Waals surface area contributed by atoms with Crippen molar-refractivity contribution in [3.05, 3.63) is 47.6 Å². The summed E-state index contributed by atoms with van der Waals surface area (Å²) in [7, 11) is 0. The highest BCUT2D eigenvalue weighted by atomic mass is 16.5. The topological polar surface area (TPSA) is 66.8 Å². The van der Waals surface area contributed by atoms with E-state index >= 15 is 0 Å². The molecule has 2 N–H and O–H groups in total. The maximum atomic E-state index is 13.8. The SMILES string of the molecule is CC1=C[C@H]2[C@H](O)[C@@H](C)CC[C@@H]2[C@@]2(C)C(=O)O[C@H](C)CCC/C=C(\C)[C@H](O)[C@@H](C)/C=C/C=C/[C@@H]12. The fourth-order valence-electron chi connectivity index (χ4n) is 6.24. The van der Waals surface area contributed by atoms with E-state index in [0.29, 0.717) is 0 Å². The molecule has 1 saturated carbocycles. The molecule has 3 aliphatic rings. The van der Waals surface area contributed by atoms with Crippen molar-refractivity contribution in [1.82, 2.24) is 0 Å². The molecule has 0 bridgehead atoms. The molecule has 1 aliphatic heterocycles. The fourth-order valence-corrected chi connectivity index (χ4v) is 6.24. The van der Waals surface area contributed by atoms with Crippen LogP contribution in [-0.4, -0.2) is 34.5 Å². The van der Waals surface area contributed by atoms with E-state index in [0.717, 1.165) is 43.3 Å². The van der Waals surface area contributed by atoms with Crippen LogP contribution in [0.4, 0.5) is 0 Å². The lowest BCUT2D eigenvalue weighted by molar-refractivity contribution is -0.172. The Bertz CT molecular complexity index is 821. The maximum Gasteiger partial charge on any atom is 0.313 e. The molecule has 0 aromatic rings. The molecule has 0 aromatic heterocycles. The van der Waals surface area contributed by atoms with Crippen LogP contribution in [0, 0.1) is 35.0 Å². The van der Waals surface area contributed by atoms with E-state index in [4.69, 9.17) is 4.74 Å². The summed E-state index contributed by atoms with van der Waals surface area (Å²) >= 11 is 0. The zero-order valence-corrected chi connectivity index (χ0v) is 21.3. The van der Waals surface area contributed by atoms with Gasteiger partial charge in [0.25, 0.3) is 0 Å². The predicted molar refractivity (Wildman–Crippen MR) is 133 cm³/mol. The molecule has 0 aromatic carbocycles. The molecule has 4 nitrogen and oxygen atoms in total. The molecule has 3 rings (SSSR count). The van der Waals surface area contributed by atoms with Crippen LogP contribution in [-0.2, 0) is 9.53 Å². The largest absolute Gasteiger partial charge is 0.462 e. The van der Waals surface area contributed by atoms with E-state index in [1.165, 1.54) is 0 Å². The van der Waals surface area contributed by atoms with Gasteiger partial charge in [-0.3, -0.25) is 4.79 Å². The number of ether oxygens (including phenoxy) is 1. The normalized spacial score (nSPS) is 46.6. The first kappa shape index (κ1) is 26.0. The molecule has 33 heavy (non-hydrogen) atoms. The monoisotopic (exact) mass is 456 g/mol. The molecule has 0 amide bonds. The van der Waals surface area contributed by atoms with Crippen LogP contribution in [0.3, 0.4) is 0 Å². The summed E-state index contributed by atoms with van der Waals surface area (Å²) in [6.07, 6.45) is 15.8. The van der Waals surface area contributed by atoms with Gasteiger partial charge in [0, 0.05) is 17.8 Å². The van der Waals surface area contributed by atoms with Gasteiger partial charge in [0.05, 0.1) is 23.7 Å². The highest BCUT2D eigenvalue weighted by Crippen LogP contribution is 2.55. The third kappa shape index (κ3) is 5.38. The Morgan fingerprint density at radius 1 is 1.00 bits per heavy atom. The average Bonchev–Trinajstić information content (AvgIpc) is 2.77. The summed E-state index contributed by atoms with van der Waals surface area (Å²) in [4.78, 5) is 13.8. The van der Waals surface area contributed by atoms with Crippen LogP contribution in [0.25, 0.3) is 0 Å². The van der Waals surface area contributed by atoms with E-state index in [9.17, 15) is 15.0 Å². The molecule has 0 saturated heterocycles. The quantitative estimate of drug-likeness (QED) is 0.359. The number of allylic oxidation sites excluding steroid dienone is 5. The van der Waals surface area contributed by atoms with E-state index in [-0.39, 0.29) is 41.7 Å². The van der Waals surface area contributed by atoms with E-state index in [2.05, 4.69) is 39.0 Å². The first-order valence-corrected chi connectivity index (χ1v) is 12.8. The van der Waals surface area contributed by atoms with Gasteiger partial charge in [-0.2, -0.15) is 0 Å². The van der Waals surface area contributed by atoms with Crippen molar-refractivity contribution >= 4 is 5.97 Å². The number of carbonyl (C=O) groups excluding carboxylic acids is 1. The summed E-state index contributed by atoms with van der Waals surface area (Å²) in [5.74, 6) is 0.0569. The minimum absolute atomic E-state index is 0.0106. The van der Waals surface area contributed by atoms with E-state index < -0.39 is 17.6 Å². The first-order chi connectivity index (χ1) is 15.6. The third-order valence-corrected chi connectivity index (χ3v) is 8.56. The Morgan fingerprint density at radius 3 is 2.42 bits per heavy atom. The molecule has 1 heterocycles. The lowest BCUT2D eigenvalue weighted by Gasteiger charge is -2.52. The second-order valence-electron chi connectivity index (χ2n) is 11.1. The summed E-state index contributed by atoms with van der Waals surface area (Å²) in [5.41, 5.74) is 1.39. The molecule has 9 atom stereocenters. The van der Waals surface area contributed by atoms with Gasteiger partial charge in [0.15, 0.2) is 0 Å². The van der Waals surface area contributed by atoms with Crippen molar-refractivity contribution in [2.75, 3.05) is 0 Å². The van der Waals surface area contributed by atoms with Gasteiger partial charge in [-0.15, -0.1) is 0 Å². The summed E-state index contributed by atoms with van der Waals surface area (Å²) in [6, 6.07) is 0.